The highest BCUT2D eigenvalue weighted by atomic mass is 16.3. The predicted molar refractivity (Wildman–Crippen MR) is 75.8 cm³/mol. The third-order valence-electron chi connectivity index (χ3n) is 3.52. The second-order valence-electron chi connectivity index (χ2n) is 5.17. The van der Waals surface area contributed by atoms with Gasteiger partial charge in [-0.3, -0.25) is 0 Å². The lowest BCUT2D eigenvalue weighted by molar-refractivity contribution is 0.0455. The number of aromatic nitrogens is 2. The molecule has 4 N–H and O–H groups in total. The number of aliphatic hydroxyl groups is 1. The third kappa shape index (κ3) is 2.96. The number of anilines is 2. The Morgan fingerprint density at radius 1 is 1.39 bits per heavy atom. The number of aryl methyl sites for hydroxylation is 1. The molecular weight excluding hydrogens is 228 g/mol. The summed E-state index contributed by atoms with van der Waals surface area (Å²) in [5.74, 6) is 0.808. The molecule has 18 heavy (non-hydrogen) atoms. The van der Waals surface area contributed by atoms with E-state index in [2.05, 4.69) is 24.3 Å². The summed E-state index contributed by atoms with van der Waals surface area (Å²) in [5.41, 5.74) is 6.82. The van der Waals surface area contributed by atoms with Gasteiger partial charge in [-0.05, 0) is 33.6 Å². The molecule has 0 aromatic carbocycles. The minimum atomic E-state index is -0.688. The number of nitrogens with two attached hydrogens (primary N) is 1. The summed E-state index contributed by atoms with van der Waals surface area (Å²) >= 11 is 0. The van der Waals surface area contributed by atoms with E-state index in [4.69, 9.17) is 5.73 Å². The van der Waals surface area contributed by atoms with Crippen molar-refractivity contribution in [3.63, 3.8) is 0 Å². The highest BCUT2D eigenvalue weighted by Gasteiger charge is 2.23. The van der Waals surface area contributed by atoms with Crippen molar-refractivity contribution >= 4 is 11.5 Å². The molecule has 0 radical (unpaired) electrons. The zero-order chi connectivity index (χ0) is 13.9. The van der Waals surface area contributed by atoms with Gasteiger partial charge in [0.15, 0.2) is 0 Å². The maximum absolute atomic E-state index is 10.3. The summed E-state index contributed by atoms with van der Waals surface area (Å²) in [4.78, 5) is 0. The van der Waals surface area contributed by atoms with Crippen molar-refractivity contribution in [3.8, 4) is 0 Å². The molecule has 5 heteroatoms. The van der Waals surface area contributed by atoms with Crippen LogP contribution in [0.1, 0.15) is 52.3 Å². The molecule has 1 aromatic rings. The van der Waals surface area contributed by atoms with Crippen LogP contribution in [-0.2, 0) is 0 Å². The molecule has 0 atom stereocenters. The van der Waals surface area contributed by atoms with Gasteiger partial charge in [0.1, 0.15) is 5.82 Å². The van der Waals surface area contributed by atoms with Gasteiger partial charge in [-0.1, -0.05) is 13.8 Å². The van der Waals surface area contributed by atoms with Gasteiger partial charge in [-0.15, -0.1) is 0 Å². The Bertz CT molecular complexity index is 394. The monoisotopic (exact) mass is 254 g/mol. The molecule has 0 fully saturated rings. The molecule has 0 amide bonds. The molecular formula is C13H26N4O. The summed E-state index contributed by atoms with van der Waals surface area (Å²) in [6.07, 6.45) is 1.43. The fourth-order valence-corrected chi connectivity index (χ4v) is 1.86. The van der Waals surface area contributed by atoms with E-state index >= 15 is 0 Å². The highest BCUT2D eigenvalue weighted by Crippen LogP contribution is 2.26. The predicted octanol–water partition coefficient (Wildman–Crippen LogP) is 2.32. The number of hydrogen-bond acceptors (Lipinski definition) is 4. The summed E-state index contributed by atoms with van der Waals surface area (Å²) in [6.45, 7) is 10.5. The first-order valence-corrected chi connectivity index (χ1v) is 6.65. The van der Waals surface area contributed by atoms with Crippen LogP contribution in [-0.4, -0.2) is 27.0 Å². The molecule has 0 bridgehead atoms. The Kier molecular flexibility index (Phi) is 4.62. The van der Waals surface area contributed by atoms with E-state index in [1.54, 1.807) is 0 Å². The largest absolute Gasteiger partial charge is 0.394 e. The van der Waals surface area contributed by atoms with Crippen LogP contribution in [0.4, 0.5) is 11.5 Å². The molecule has 0 unspecified atom stereocenters. The molecule has 5 nitrogen and oxygen atoms in total. The fraction of sp³-hybridized carbons (Fsp3) is 0.769. The van der Waals surface area contributed by atoms with E-state index in [0.717, 1.165) is 11.5 Å². The van der Waals surface area contributed by atoms with Crippen LogP contribution in [0.3, 0.4) is 0 Å². The Hall–Kier alpha value is -1.23. The van der Waals surface area contributed by atoms with Crippen LogP contribution in [0.2, 0.25) is 0 Å². The van der Waals surface area contributed by atoms with E-state index < -0.39 is 5.60 Å². The van der Waals surface area contributed by atoms with Gasteiger partial charge >= 0.3 is 0 Å². The number of nitrogens with zero attached hydrogens (tertiary/aromatic N) is 2. The molecule has 104 valence electrons. The molecule has 0 saturated carbocycles. The van der Waals surface area contributed by atoms with E-state index in [0.29, 0.717) is 25.1 Å². The van der Waals surface area contributed by atoms with Crippen LogP contribution in [0.15, 0.2) is 0 Å². The summed E-state index contributed by atoms with van der Waals surface area (Å²) in [7, 11) is 0. The van der Waals surface area contributed by atoms with Crippen molar-refractivity contribution in [2.24, 2.45) is 0 Å². The molecule has 0 aliphatic carbocycles. The van der Waals surface area contributed by atoms with E-state index in [-0.39, 0.29) is 6.04 Å². The van der Waals surface area contributed by atoms with Crippen molar-refractivity contribution in [1.82, 2.24) is 9.78 Å². The van der Waals surface area contributed by atoms with Gasteiger partial charge in [0.2, 0.25) is 0 Å². The Morgan fingerprint density at radius 3 is 2.39 bits per heavy atom. The quantitative estimate of drug-likeness (QED) is 0.728. The van der Waals surface area contributed by atoms with Gasteiger partial charge < -0.3 is 16.2 Å². The van der Waals surface area contributed by atoms with Crippen molar-refractivity contribution < 1.29 is 5.11 Å². The molecule has 1 heterocycles. The minimum Gasteiger partial charge on any atom is -0.394 e. The first kappa shape index (κ1) is 14.8. The maximum Gasteiger partial charge on any atom is 0.148 e. The first-order valence-electron chi connectivity index (χ1n) is 6.65. The molecule has 0 aliphatic rings. The molecule has 0 aliphatic heterocycles. The normalized spacial score (nSPS) is 12.2. The number of nitrogen functional groups attached to an aromatic ring is 1. The maximum atomic E-state index is 10.3. The lowest BCUT2D eigenvalue weighted by Gasteiger charge is -2.26. The highest BCUT2D eigenvalue weighted by molar-refractivity contribution is 5.65. The molecule has 1 rings (SSSR count). The topological polar surface area (TPSA) is 76.1 Å². The van der Waals surface area contributed by atoms with Crippen molar-refractivity contribution in [3.05, 3.63) is 5.69 Å². The Morgan fingerprint density at radius 2 is 1.94 bits per heavy atom. The van der Waals surface area contributed by atoms with Crippen molar-refractivity contribution in [1.29, 1.82) is 0 Å². The average Bonchev–Trinajstić information content (AvgIpc) is 2.63. The van der Waals surface area contributed by atoms with Crippen LogP contribution in [0, 0.1) is 6.92 Å². The SMILES string of the molecule is CCC(O)(CC)CNc1c(N)c(C)nn1C(C)C. The van der Waals surface area contributed by atoms with Crippen LogP contribution < -0.4 is 11.1 Å². The second-order valence-corrected chi connectivity index (χ2v) is 5.17. The fourth-order valence-electron chi connectivity index (χ4n) is 1.86. The molecule has 1 aromatic heterocycles. The lowest BCUT2D eigenvalue weighted by atomic mass is 9.98. The smallest absolute Gasteiger partial charge is 0.148 e. The molecule has 0 saturated heterocycles. The van der Waals surface area contributed by atoms with Gasteiger partial charge in [0.25, 0.3) is 0 Å². The van der Waals surface area contributed by atoms with E-state index in [1.807, 2.05) is 25.5 Å². The first-order chi connectivity index (χ1) is 8.34. The van der Waals surface area contributed by atoms with E-state index in [9.17, 15) is 5.11 Å². The van der Waals surface area contributed by atoms with Crippen molar-refractivity contribution in [2.45, 2.75) is 59.1 Å². The lowest BCUT2D eigenvalue weighted by Crippen LogP contribution is -2.36. The van der Waals surface area contributed by atoms with Gasteiger partial charge in [-0.2, -0.15) is 5.10 Å². The zero-order valence-corrected chi connectivity index (χ0v) is 12.1. The number of rotatable bonds is 6. The van der Waals surface area contributed by atoms with Crippen LogP contribution >= 0.6 is 0 Å². The third-order valence-corrected chi connectivity index (χ3v) is 3.52. The Balaban J connectivity index is 2.90. The van der Waals surface area contributed by atoms with Gasteiger partial charge in [0.05, 0.1) is 17.0 Å². The Labute approximate surface area is 109 Å². The van der Waals surface area contributed by atoms with Crippen LogP contribution in [0.5, 0.6) is 0 Å². The summed E-state index contributed by atoms with van der Waals surface area (Å²) < 4.78 is 1.87. The van der Waals surface area contributed by atoms with Crippen molar-refractivity contribution in [2.75, 3.05) is 17.6 Å². The minimum absolute atomic E-state index is 0.236. The van der Waals surface area contributed by atoms with E-state index in [1.165, 1.54) is 0 Å². The standard InChI is InChI=1S/C13H26N4O/c1-6-13(18,7-2)8-15-12-11(14)10(5)16-17(12)9(3)4/h9,15,18H,6-8,14H2,1-5H3. The van der Waals surface area contributed by atoms with Gasteiger partial charge in [-0.25, -0.2) is 4.68 Å². The summed E-state index contributed by atoms with van der Waals surface area (Å²) in [6, 6.07) is 0.236. The summed E-state index contributed by atoms with van der Waals surface area (Å²) in [5, 5.41) is 17.9. The number of hydrogen-bond donors (Lipinski definition) is 3. The second kappa shape index (κ2) is 5.61. The average molecular weight is 254 g/mol. The van der Waals surface area contributed by atoms with Crippen LogP contribution in [0.25, 0.3) is 0 Å². The van der Waals surface area contributed by atoms with Gasteiger partial charge in [0, 0.05) is 12.6 Å². The molecule has 0 spiro atoms. The number of nitrogens with one attached hydrogen (secondary N) is 1. The zero-order valence-electron chi connectivity index (χ0n) is 12.1.